The fourth-order valence-corrected chi connectivity index (χ4v) is 2.74. The molecular formula is C19H21ClN2O3. The molecule has 0 aliphatic carbocycles. The van der Waals surface area contributed by atoms with Crippen LogP contribution in [0.25, 0.3) is 0 Å². The van der Waals surface area contributed by atoms with Gasteiger partial charge in [-0.05, 0) is 24.1 Å². The number of halogens is 1. The van der Waals surface area contributed by atoms with Crippen LogP contribution in [0.5, 0.6) is 0 Å². The third-order valence-electron chi connectivity index (χ3n) is 3.83. The van der Waals surface area contributed by atoms with Crippen molar-refractivity contribution in [3.8, 4) is 0 Å². The second kappa shape index (κ2) is 9.08. The average Bonchev–Trinajstić information content (AvgIpc) is 2.62. The molecule has 2 N–H and O–H groups in total. The van der Waals surface area contributed by atoms with Gasteiger partial charge in [-0.15, -0.1) is 0 Å². The van der Waals surface area contributed by atoms with Crippen LogP contribution in [0.4, 0.5) is 4.79 Å². The number of carbonyl (C=O) groups excluding carboxylic acids is 2. The van der Waals surface area contributed by atoms with E-state index in [-0.39, 0.29) is 18.5 Å². The van der Waals surface area contributed by atoms with E-state index in [2.05, 4.69) is 10.6 Å². The van der Waals surface area contributed by atoms with Crippen molar-refractivity contribution in [3.63, 3.8) is 0 Å². The van der Waals surface area contributed by atoms with Crippen LogP contribution < -0.4 is 10.6 Å². The molecule has 0 spiro atoms. The molecule has 0 aliphatic heterocycles. The van der Waals surface area contributed by atoms with Crippen LogP contribution in [-0.4, -0.2) is 19.1 Å². The second-order valence-electron chi connectivity index (χ2n) is 5.60. The molecule has 0 aromatic heterocycles. The molecule has 2 atom stereocenters. The minimum atomic E-state index is -0.580. The van der Waals surface area contributed by atoms with E-state index in [9.17, 15) is 9.59 Å². The van der Waals surface area contributed by atoms with Gasteiger partial charge in [-0.2, -0.15) is 0 Å². The highest BCUT2D eigenvalue weighted by molar-refractivity contribution is 6.31. The molecular weight excluding hydrogens is 340 g/mol. The smallest absolute Gasteiger partial charge is 0.315 e. The van der Waals surface area contributed by atoms with Gasteiger partial charge in [0.15, 0.2) is 0 Å². The molecule has 2 rings (SSSR count). The van der Waals surface area contributed by atoms with Crippen LogP contribution >= 0.6 is 11.6 Å². The lowest BCUT2D eigenvalue weighted by molar-refractivity contribution is -0.141. The van der Waals surface area contributed by atoms with Gasteiger partial charge in [-0.3, -0.25) is 4.79 Å². The topological polar surface area (TPSA) is 67.4 Å². The second-order valence-corrected chi connectivity index (χ2v) is 6.01. The zero-order chi connectivity index (χ0) is 18.2. The van der Waals surface area contributed by atoms with Crippen molar-refractivity contribution in [2.45, 2.75) is 25.4 Å². The maximum atomic E-state index is 12.4. The Morgan fingerprint density at radius 2 is 1.68 bits per heavy atom. The fraction of sp³-hybridized carbons (Fsp3) is 0.263. The van der Waals surface area contributed by atoms with E-state index in [1.807, 2.05) is 37.3 Å². The molecule has 2 amide bonds. The zero-order valence-corrected chi connectivity index (χ0v) is 14.9. The molecule has 0 unspecified atom stereocenters. The molecule has 0 bridgehead atoms. The highest BCUT2D eigenvalue weighted by atomic mass is 35.5. The first-order valence-corrected chi connectivity index (χ1v) is 8.32. The van der Waals surface area contributed by atoms with E-state index in [0.717, 1.165) is 5.56 Å². The predicted octanol–water partition coefficient (Wildman–Crippen LogP) is 4.00. The standard InChI is InChI=1S/C19H21ClN2O3/c1-13(14-8-4-3-5-9-14)21-19(24)22-17(12-18(23)25-2)15-10-6-7-11-16(15)20/h3-11,13,17H,12H2,1-2H3,(H2,21,22,24)/t13-,17+/m1/s1. The van der Waals surface area contributed by atoms with Crippen molar-refractivity contribution >= 4 is 23.6 Å². The number of methoxy groups -OCH3 is 1. The van der Waals surface area contributed by atoms with E-state index >= 15 is 0 Å². The Kier molecular flexibility index (Phi) is 6.83. The van der Waals surface area contributed by atoms with Crippen molar-refractivity contribution in [1.82, 2.24) is 10.6 Å². The lowest BCUT2D eigenvalue weighted by atomic mass is 10.0. The predicted molar refractivity (Wildman–Crippen MR) is 97.4 cm³/mol. The van der Waals surface area contributed by atoms with Gasteiger partial charge >= 0.3 is 12.0 Å². The summed E-state index contributed by atoms with van der Waals surface area (Å²) in [6.07, 6.45) is -0.00658. The Morgan fingerprint density at radius 3 is 2.32 bits per heavy atom. The first kappa shape index (κ1) is 18.8. The molecule has 2 aromatic rings. The summed E-state index contributed by atoms with van der Waals surface area (Å²) in [6, 6.07) is 15.6. The van der Waals surface area contributed by atoms with E-state index in [1.54, 1.807) is 24.3 Å². The van der Waals surface area contributed by atoms with Crippen LogP contribution in [0.15, 0.2) is 54.6 Å². The number of amides is 2. The molecule has 0 aliphatic rings. The number of nitrogens with one attached hydrogen (secondary N) is 2. The maximum absolute atomic E-state index is 12.4. The average molecular weight is 361 g/mol. The van der Waals surface area contributed by atoms with Crippen LogP contribution in [0, 0.1) is 0 Å². The lowest BCUT2D eigenvalue weighted by Gasteiger charge is -2.21. The number of carbonyl (C=O) groups is 2. The monoisotopic (exact) mass is 360 g/mol. The molecule has 0 saturated heterocycles. The van der Waals surface area contributed by atoms with Gasteiger partial charge in [0.05, 0.1) is 25.6 Å². The highest BCUT2D eigenvalue weighted by Crippen LogP contribution is 2.25. The highest BCUT2D eigenvalue weighted by Gasteiger charge is 2.21. The summed E-state index contributed by atoms with van der Waals surface area (Å²) in [5.74, 6) is -0.429. The summed E-state index contributed by atoms with van der Waals surface area (Å²) < 4.78 is 4.72. The summed E-state index contributed by atoms with van der Waals surface area (Å²) in [4.78, 5) is 24.1. The number of benzene rings is 2. The normalized spacial score (nSPS) is 12.8. The van der Waals surface area contributed by atoms with E-state index in [1.165, 1.54) is 7.11 Å². The van der Waals surface area contributed by atoms with Gasteiger partial charge in [-0.25, -0.2) is 4.79 Å². The van der Waals surface area contributed by atoms with E-state index in [0.29, 0.717) is 10.6 Å². The summed E-state index contributed by atoms with van der Waals surface area (Å²) in [5, 5.41) is 6.15. The molecule has 2 aromatic carbocycles. The van der Waals surface area contributed by atoms with Crippen LogP contribution in [0.2, 0.25) is 5.02 Å². The Bertz CT molecular complexity index is 722. The molecule has 132 valence electrons. The van der Waals surface area contributed by atoms with Gasteiger partial charge in [0.2, 0.25) is 0 Å². The van der Waals surface area contributed by atoms with Crippen LogP contribution in [0.1, 0.15) is 36.6 Å². The number of hydrogen-bond donors (Lipinski definition) is 2. The van der Waals surface area contributed by atoms with Crippen molar-refractivity contribution < 1.29 is 14.3 Å². The molecule has 5 nitrogen and oxygen atoms in total. The molecule has 25 heavy (non-hydrogen) atoms. The van der Waals surface area contributed by atoms with Gasteiger partial charge < -0.3 is 15.4 Å². The van der Waals surface area contributed by atoms with Crippen molar-refractivity contribution in [3.05, 3.63) is 70.7 Å². The van der Waals surface area contributed by atoms with E-state index < -0.39 is 12.0 Å². The van der Waals surface area contributed by atoms with E-state index in [4.69, 9.17) is 16.3 Å². The Labute approximate surface area is 152 Å². The Balaban J connectivity index is 2.09. The zero-order valence-electron chi connectivity index (χ0n) is 14.2. The Hall–Kier alpha value is -2.53. The van der Waals surface area contributed by atoms with Crippen molar-refractivity contribution in [1.29, 1.82) is 0 Å². The van der Waals surface area contributed by atoms with Gasteiger partial charge in [-0.1, -0.05) is 60.1 Å². The third kappa shape index (κ3) is 5.50. The fourth-order valence-electron chi connectivity index (χ4n) is 2.47. The molecule has 6 heteroatoms. The van der Waals surface area contributed by atoms with Gasteiger partial charge in [0, 0.05) is 5.02 Å². The van der Waals surface area contributed by atoms with Crippen LogP contribution in [-0.2, 0) is 9.53 Å². The minimum Gasteiger partial charge on any atom is -0.469 e. The summed E-state index contributed by atoms with van der Waals surface area (Å²) in [6.45, 7) is 1.89. The number of hydrogen-bond acceptors (Lipinski definition) is 3. The largest absolute Gasteiger partial charge is 0.469 e. The number of esters is 1. The third-order valence-corrected chi connectivity index (χ3v) is 4.18. The molecule has 0 radical (unpaired) electrons. The summed E-state index contributed by atoms with van der Waals surface area (Å²) in [5.41, 5.74) is 1.65. The summed E-state index contributed by atoms with van der Waals surface area (Å²) >= 11 is 6.21. The van der Waals surface area contributed by atoms with Gasteiger partial charge in [0.1, 0.15) is 0 Å². The molecule has 0 heterocycles. The number of ether oxygens (including phenoxy) is 1. The quantitative estimate of drug-likeness (QED) is 0.765. The SMILES string of the molecule is COC(=O)C[C@H](NC(=O)N[C@H](C)c1ccccc1)c1ccccc1Cl. The first-order valence-electron chi connectivity index (χ1n) is 7.94. The van der Waals surface area contributed by atoms with Crippen molar-refractivity contribution in [2.24, 2.45) is 0 Å². The summed E-state index contributed by atoms with van der Waals surface area (Å²) in [7, 11) is 1.31. The molecule has 0 fully saturated rings. The Morgan fingerprint density at radius 1 is 1.04 bits per heavy atom. The van der Waals surface area contributed by atoms with Crippen molar-refractivity contribution in [2.75, 3.05) is 7.11 Å². The molecule has 0 saturated carbocycles. The van der Waals surface area contributed by atoms with Gasteiger partial charge in [0.25, 0.3) is 0 Å². The maximum Gasteiger partial charge on any atom is 0.315 e. The first-order chi connectivity index (χ1) is 12.0. The lowest BCUT2D eigenvalue weighted by Crippen LogP contribution is -2.40. The van der Waals surface area contributed by atoms with Crippen LogP contribution in [0.3, 0.4) is 0 Å². The number of rotatable bonds is 6. The number of urea groups is 1. The minimum absolute atomic E-state index is 0.00658.